The van der Waals surface area contributed by atoms with E-state index in [4.69, 9.17) is 18.9 Å². The fourth-order valence-corrected chi connectivity index (χ4v) is 4.38. The zero-order valence-electron chi connectivity index (χ0n) is 24.8. The van der Waals surface area contributed by atoms with Crippen LogP contribution >= 0.6 is 0 Å². The molecule has 3 rings (SSSR count). The second kappa shape index (κ2) is 17.3. The van der Waals surface area contributed by atoms with Crippen molar-refractivity contribution < 1.29 is 38.1 Å². The van der Waals surface area contributed by atoms with E-state index in [-0.39, 0.29) is 38.4 Å². The molecule has 3 aromatic rings. The topological polar surface area (TPSA) is 117 Å². The fourth-order valence-electron chi connectivity index (χ4n) is 4.38. The van der Waals surface area contributed by atoms with Gasteiger partial charge in [-0.05, 0) is 42.0 Å². The number of hydrogen-bond donors (Lipinski definition) is 1. The van der Waals surface area contributed by atoms with Gasteiger partial charge in [-0.2, -0.15) is 0 Å². The quantitative estimate of drug-likeness (QED) is 0.130. The Labute approximate surface area is 252 Å². The molecule has 9 nitrogen and oxygen atoms in total. The maximum atomic E-state index is 12.9. The lowest BCUT2D eigenvalue weighted by molar-refractivity contribution is -0.172. The van der Waals surface area contributed by atoms with Crippen LogP contribution in [-0.2, 0) is 46.4 Å². The molecular weight excluding hydrogens is 550 g/mol. The smallest absolute Gasteiger partial charge is 0.461 e. The molecule has 3 unspecified atom stereocenters. The van der Waals surface area contributed by atoms with Gasteiger partial charge in [0.15, 0.2) is 0 Å². The van der Waals surface area contributed by atoms with E-state index >= 15 is 0 Å². The van der Waals surface area contributed by atoms with Crippen molar-refractivity contribution >= 4 is 24.0 Å². The van der Waals surface area contributed by atoms with E-state index in [0.717, 1.165) is 22.3 Å². The number of benzene rings is 3. The van der Waals surface area contributed by atoms with Gasteiger partial charge in [-0.15, -0.1) is 0 Å². The predicted octanol–water partition coefficient (Wildman–Crippen LogP) is 5.99. The fraction of sp³-hybridized carbons (Fsp3) is 0.353. The van der Waals surface area contributed by atoms with Gasteiger partial charge in [0.25, 0.3) is 0 Å². The molecule has 0 aliphatic heterocycles. The van der Waals surface area contributed by atoms with Crippen molar-refractivity contribution in [1.82, 2.24) is 5.32 Å². The average molecular weight is 590 g/mol. The Balaban J connectivity index is 1.60. The molecule has 228 valence electrons. The van der Waals surface area contributed by atoms with Crippen molar-refractivity contribution in [1.29, 1.82) is 0 Å². The van der Waals surface area contributed by atoms with Crippen molar-refractivity contribution in [3.63, 3.8) is 0 Å². The highest BCUT2D eigenvalue weighted by Crippen LogP contribution is 2.21. The highest BCUT2D eigenvalue weighted by Gasteiger charge is 2.25. The van der Waals surface area contributed by atoms with E-state index in [1.54, 1.807) is 13.8 Å². The zero-order chi connectivity index (χ0) is 31.0. The number of nitrogens with one attached hydrogen (secondary N) is 1. The van der Waals surface area contributed by atoms with Crippen LogP contribution in [0.4, 0.5) is 4.79 Å². The number of amides is 1. The van der Waals surface area contributed by atoms with E-state index in [1.165, 1.54) is 6.92 Å². The number of ether oxygens (including phenoxy) is 4. The maximum Gasteiger partial charge on any atom is 0.511 e. The van der Waals surface area contributed by atoms with Gasteiger partial charge < -0.3 is 24.3 Å². The van der Waals surface area contributed by atoms with Crippen LogP contribution in [-0.4, -0.2) is 42.9 Å². The molecule has 3 aromatic carbocycles. The van der Waals surface area contributed by atoms with E-state index in [9.17, 15) is 19.2 Å². The lowest BCUT2D eigenvalue weighted by Crippen LogP contribution is -2.39. The molecule has 0 aromatic heterocycles. The Kier molecular flexibility index (Phi) is 13.2. The van der Waals surface area contributed by atoms with Gasteiger partial charge in [-0.1, -0.05) is 91.9 Å². The van der Waals surface area contributed by atoms with Crippen LogP contribution in [0.2, 0.25) is 0 Å². The first kappa shape index (κ1) is 32.8. The third-order valence-corrected chi connectivity index (χ3v) is 6.55. The second-order valence-corrected chi connectivity index (χ2v) is 10.1. The third kappa shape index (κ3) is 12.0. The third-order valence-electron chi connectivity index (χ3n) is 6.55. The average Bonchev–Trinajstić information content (AvgIpc) is 3.00. The van der Waals surface area contributed by atoms with Crippen molar-refractivity contribution in [2.75, 3.05) is 6.61 Å². The first-order valence-electron chi connectivity index (χ1n) is 14.4. The molecule has 1 amide bonds. The van der Waals surface area contributed by atoms with Gasteiger partial charge >= 0.3 is 18.1 Å². The minimum Gasteiger partial charge on any atom is -0.461 e. The van der Waals surface area contributed by atoms with Gasteiger partial charge in [0.2, 0.25) is 12.2 Å². The normalized spacial score (nSPS) is 12.7. The maximum absolute atomic E-state index is 12.9. The van der Waals surface area contributed by atoms with Crippen LogP contribution < -0.4 is 5.32 Å². The van der Waals surface area contributed by atoms with Gasteiger partial charge in [0, 0.05) is 19.4 Å². The molecule has 0 saturated heterocycles. The van der Waals surface area contributed by atoms with Crippen LogP contribution in [0.5, 0.6) is 0 Å². The summed E-state index contributed by atoms with van der Waals surface area (Å²) < 4.78 is 20.2. The van der Waals surface area contributed by atoms with E-state index in [0.29, 0.717) is 6.42 Å². The van der Waals surface area contributed by atoms with Crippen molar-refractivity contribution in [3.8, 4) is 11.1 Å². The Bertz CT molecular complexity index is 1310. The Morgan fingerprint density at radius 1 is 0.721 bits per heavy atom. The molecule has 0 bridgehead atoms. The van der Waals surface area contributed by atoms with E-state index in [2.05, 4.69) is 5.32 Å². The van der Waals surface area contributed by atoms with Crippen molar-refractivity contribution in [2.45, 2.75) is 65.4 Å². The van der Waals surface area contributed by atoms with Gasteiger partial charge in [-0.3, -0.25) is 14.4 Å². The molecule has 1 N–H and O–H groups in total. The molecular formula is C34H39NO8. The molecule has 0 spiro atoms. The highest BCUT2D eigenvalue weighted by molar-refractivity contribution is 5.81. The predicted molar refractivity (Wildman–Crippen MR) is 160 cm³/mol. The molecule has 0 saturated carbocycles. The monoisotopic (exact) mass is 589 g/mol. The molecule has 0 heterocycles. The summed E-state index contributed by atoms with van der Waals surface area (Å²) in [5.74, 6) is -2.01. The molecule has 3 atom stereocenters. The van der Waals surface area contributed by atoms with Crippen LogP contribution in [0.25, 0.3) is 11.1 Å². The molecule has 9 heteroatoms. The summed E-state index contributed by atoms with van der Waals surface area (Å²) in [7, 11) is 0. The molecule has 0 aliphatic rings. The summed E-state index contributed by atoms with van der Waals surface area (Å²) in [4.78, 5) is 49.4. The number of carbonyl (C=O) groups is 4. The van der Waals surface area contributed by atoms with E-state index < -0.39 is 36.3 Å². The van der Waals surface area contributed by atoms with Crippen LogP contribution in [0.3, 0.4) is 0 Å². The number of esters is 2. The summed E-state index contributed by atoms with van der Waals surface area (Å²) >= 11 is 0. The molecule has 0 radical (unpaired) electrons. The van der Waals surface area contributed by atoms with Gasteiger partial charge in [-0.25, -0.2) is 4.79 Å². The molecule has 43 heavy (non-hydrogen) atoms. The summed E-state index contributed by atoms with van der Waals surface area (Å²) in [5, 5.41) is 2.97. The van der Waals surface area contributed by atoms with Crippen LogP contribution in [0.1, 0.15) is 51.2 Å². The largest absolute Gasteiger partial charge is 0.511 e. The Morgan fingerprint density at radius 3 is 2.00 bits per heavy atom. The Morgan fingerprint density at radius 2 is 1.35 bits per heavy atom. The first-order valence-corrected chi connectivity index (χ1v) is 14.4. The number of carbonyl (C=O) groups excluding carboxylic acids is 4. The lowest BCUT2D eigenvalue weighted by atomic mass is 9.94. The summed E-state index contributed by atoms with van der Waals surface area (Å²) in [6.45, 7) is 5.01. The minimum atomic E-state index is -1.13. The summed E-state index contributed by atoms with van der Waals surface area (Å²) in [6, 6.07) is 26.8. The van der Waals surface area contributed by atoms with Crippen LogP contribution in [0, 0.1) is 5.92 Å². The molecule has 0 aliphatic carbocycles. The van der Waals surface area contributed by atoms with E-state index in [1.807, 2.05) is 84.9 Å². The second-order valence-electron chi connectivity index (χ2n) is 10.1. The first-order chi connectivity index (χ1) is 20.7. The SMILES string of the molecule is CCOC(=O)OC(C)OC(=O)C(C)CC(Cc1ccc(-c2ccccc2)cc1)NC(=O)CCC(=O)OCc1ccccc1. The summed E-state index contributed by atoms with van der Waals surface area (Å²) in [5.41, 5.74) is 3.98. The summed E-state index contributed by atoms with van der Waals surface area (Å²) in [6.07, 6.45) is -1.48. The zero-order valence-corrected chi connectivity index (χ0v) is 24.8. The van der Waals surface area contributed by atoms with Crippen molar-refractivity contribution in [2.24, 2.45) is 5.92 Å². The Hall–Kier alpha value is -4.66. The standard InChI is InChI=1S/C34H39NO8/c1-4-40-34(39)43-25(3)42-33(38)24(2)21-30(22-26-15-17-29(18-16-26)28-13-9-6-10-14-28)35-31(36)19-20-32(37)41-23-27-11-7-5-8-12-27/h5-18,24-25,30H,4,19-23H2,1-3H3,(H,35,36). The lowest BCUT2D eigenvalue weighted by Gasteiger charge is -2.23. The number of rotatable bonds is 15. The number of hydrogen-bond acceptors (Lipinski definition) is 8. The highest BCUT2D eigenvalue weighted by atomic mass is 16.8. The minimum absolute atomic E-state index is 0.0552. The van der Waals surface area contributed by atoms with Gasteiger partial charge in [0.05, 0.1) is 18.9 Å². The molecule has 0 fully saturated rings. The van der Waals surface area contributed by atoms with Gasteiger partial charge in [0.1, 0.15) is 6.61 Å². The van der Waals surface area contributed by atoms with Crippen LogP contribution in [0.15, 0.2) is 84.9 Å². The van der Waals surface area contributed by atoms with Crippen molar-refractivity contribution in [3.05, 3.63) is 96.1 Å².